The van der Waals surface area contributed by atoms with Crippen molar-refractivity contribution in [2.45, 2.75) is 0 Å². The number of carboxylic acids is 1. The molecule has 16 heavy (non-hydrogen) atoms. The predicted octanol–water partition coefficient (Wildman–Crippen LogP) is 3.19. The van der Waals surface area contributed by atoms with Gasteiger partial charge in [-0.05, 0) is 18.2 Å². The lowest BCUT2D eigenvalue weighted by atomic mass is 10.1. The summed E-state index contributed by atoms with van der Waals surface area (Å²) < 4.78 is 0.929. The van der Waals surface area contributed by atoms with Gasteiger partial charge in [0.25, 0.3) is 0 Å². The number of benzene rings is 1. The van der Waals surface area contributed by atoms with Crippen molar-refractivity contribution in [2.24, 2.45) is 0 Å². The van der Waals surface area contributed by atoms with Crippen LogP contribution in [0.4, 0.5) is 0 Å². The maximum atomic E-state index is 10.8. The number of carbonyl (C=O) groups is 1. The van der Waals surface area contributed by atoms with Crippen LogP contribution in [-0.4, -0.2) is 17.0 Å². The van der Waals surface area contributed by atoms with Gasteiger partial charge in [0.05, 0.1) is 5.88 Å². The highest BCUT2D eigenvalue weighted by Crippen LogP contribution is 2.27. The zero-order valence-corrected chi connectivity index (χ0v) is 9.73. The Morgan fingerprint density at radius 1 is 1.50 bits per heavy atom. The second-order valence-corrected chi connectivity index (χ2v) is 4.42. The van der Waals surface area contributed by atoms with Gasteiger partial charge in [-0.25, -0.2) is 4.79 Å². The third-order valence-corrected chi connectivity index (χ3v) is 3.28. The van der Waals surface area contributed by atoms with Crippen molar-refractivity contribution < 1.29 is 9.90 Å². The third-order valence-electron chi connectivity index (χ3n) is 2.06. The number of hydrogen-bond donors (Lipinski definition) is 1. The molecule has 0 bridgehead atoms. The van der Waals surface area contributed by atoms with Gasteiger partial charge in [-0.3, -0.25) is 0 Å². The Labute approximate surface area is 101 Å². The molecule has 0 saturated carbocycles. The molecule has 0 saturated heterocycles. The van der Waals surface area contributed by atoms with Gasteiger partial charge in [0, 0.05) is 15.6 Å². The minimum absolute atomic E-state index is 0.270. The first kappa shape index (κ1) is 11.0. The van der Waals surface area contributed by atoms with Gasteiger partial charge in [0.2, 0.25) is 0 Å². The molecule has 0 unspecified atom stereocenters. The number of rotatable bonds is 1. The molecule has 0 amide bonds. The molecule has 2 nitrogen and oxygen atoms in total. The summed E-state index contributed by atoms with van der Waals surface area (Å²) in [4.78, 5) is 11.2. The lowest BCUT2D eigenvalue weighted by molar-refractivity contribution is 0.0702. The van der Waals surface area contributed by atoms with Crippen LogP contribution in [-0.2, 0) is 0 Å². The predicted molar refractivity (Wildman–Crippen MR) is 66.4 cm³/mol. The Balaban J connectivity index is 2.63. The van der Waals surface area contributed by atoms with E-state index in [1.54, 1.807) is 6.07 Å². The highest BCUT2D eigenvalue weighted by Gasteiger charge is 2.09. The Morgan fingerprint density at radius 3 is 3.00 bits per heavy atom. The van der Waals surface area contributed by atoms with Crippen molar-refractivity contribution in [1.29, 1.82) is 0 Å². The lowest BCUT2D eigenvalue weighted by Crippen LogP contribution is -1.89. The molecule has 80 valence electrons. The molecule has 0 aliphatic heterocycles. The molecule has 0 spiro atoms. The fourth-order valence-electron chi connectivity index (χ4n) is 1.40. The molecule has 0 radical (unpaired) electrons. The van der Waals surface area contributed by atoms with Gasteiger partial charge in [-0.2, -0.15) is 0 Å². The molecule has 0 atom stereocenters. The molecule has 1 N–H and O–H groups in total. The van der Waals surface area contributed by atoms with Crippen LogP contribution in [0.1, 0.15) is 15.2 Å². The second kappa shape index (κ2) is 4.56. The summed E-state index contributed by atoms with van der Waals surface area (Å²) in [6.07, 6.45) is 0. The van der Waals surface area contributed by atoms with E-state index in [0.29, 0.717) is 4.88 Å². The summed E-state index contributed by atoms with van der Waals surface area (Å²) in [5.41, 5.74) is 0.821. The molecule has 2 rings (SSSR count). The van der Waals surface area contributed by atoms with Gasteiger partial charge >= 0.3 is 5.97 Å². The van der Waals surface area contributed by atoms with Crippen LogP contribution in [0.3, 0.4) is 0 Å². The number of halogens is 1. The average Bonchev–Trinajstić information content (AvgIpc) is 2.70. The van der Waals surface area contributed by atoms with Crippen LogP contribution >= 0.6 is 22.9 Å². The van der Waals surface area contributed by atoms with Crippen LogP contribution in [0.25, 0.3) is 10.1 Å². The number of alkyl halides is 1. The monoisotopic (exact) mass is 250 g/mol. The SMILES string of the molecule is O=C(O)c1cc2c(C#CCCl)cccc2s1. The number of thiophene rings is 1. The van der Waals surface area contributed by atoms with E-state index in [1.807, 2.05) is 18.2 Å². The summed E-state index contributed by atoms with van der Waals surface area (Å²) in [7, 11) is 0. The molecule has 1 heterocycles. The van der Waals surface area contributed by atoms with Crippen molar-refractivity contribution in [1.82, 2.24) is 0 Å². The molecule has 1 aromatic heterocycles. The zero-order chi connectivity index (χ0) is 11.5. The molecule has 4 heteroatoms. The van der Waals surface area contributed by atoms with Crippen LogP contribution in [0.15, 0.2) is 24.3 Å². The van der Waals surface area contributed by atoms with E-state index in [1.165, 1.54) is 11.3 Å². The second-order valence-electron chi connectivity index (χ2n) is 3.07. The highest BCUT2D eigenvalue weighted by atomic mass is 35.5. The number of hydrogen-bond acceptors (Lipinski definition) is 2. The molecule has 0 aliphatic carbocycles. The van der Waals surface area contributed by atoms with Crippen LogP contribution in [0.2, 0.25) is 0 Å². The van der Waals surface area contributed by atoms with Crippen LogP contribution in [0, 0.1) is 11.8 Å². The van der Waals surface area contributed by atoms with E-state index in [4.69, 9.17) is 16.7 Å². The first-order chi connectivity index (χ1) is 7.72. The molecular weight excluding hydrogens is 244 g/mol. The standard InChI is InChI=1S/C12H7ClO2S/c13-6-2-4-8-3-1-5-10-9(8)7-11(16-10)12(14)15/h1,3,5,7H,6H2,(H,14,15). The van der Waals surface area contributed by atoms with Crippen molar-refractivity contribution in [3.63, 3.8) is 0 Å². The molecule has 1 aromatic carbocycles. The third kappa shape index (κ3) is 2.04. The van der Waals surface area contributed by atoms with Crippen molar-refractivity contribution in [3.05, 3.63) is 34.7 Å². The lowest BCUT2D eigenvalue weighted by Gasteiger charge is -1.92. The quantitative estimate of drug-likeness (QED) is 0.623. The van der Waals surface area contributed by atoms with Gasteiger partial charge < -0.3 is 5.11 Å². The first-order valence-electron chi connectivity index (χ1n) is 4.53. The zero-order valence-electron chi connectivity index (χ0n) is 8.16. The van der Waals surface area contributed by atoms with E-state index in [9.17, 15) is 4.79 Å². The summed E-state index contributed by atoms with van der Waals surface area (Å²) in [6.45, 7) is 0. The Bertz CT molecular complexity index is 604. The molecule has 0 aliphatic rings. The van der Waals surface area contributed by atoms with E-state index in [0.717, 1.165) is 15.6 Å². The Kier molecular flexibility index (Phi) is 3.14. The van der Waals surface area contributed by atoms with E-state index >= 15 is 0 Å². The number of carboxylic acid groups (broad SMARTS) is 1. The summed E-state index contributed by atoms with van der Waals surface area (Å²) in [5, 5.41) is 9.78. The fourth-order valence-corrected chi connectivity index (χ4v) is 2.40. The highest BCUT2D eigenvalue weighted by molar-refractivity contribution is 7.20. The van der Waals surface area contributed by atoms with Gasteiger partial charge in [-0.1, -0.05) is 17.9 Å². The summed E-state index contributed by atoms with van der Waals surface area (Å²) in [5.74, 6) is 5.05. The largest absolute Gasteiger partial charge is 0.477 e. The molecule has 2 aromatic rings. The van der Waals surface area contributed by atoms with Crippen molar-refractivity contribution in [2.75, 3.05) is 5.88 Å². The minimum Gasteiger partial charge on any atom is -0.477 e. The van der Waals surface area contributed by atoms with Crippen LogP contribution < -0.4 is 0 Å². The minimum atomic E-state index is -0.905. The van der Waals surface area contributed by atoms with Crippen molar-refractivity contribution >= 4 is 39.0 Å². The maximum Gasteiger partial charge on any atom is 0.345 e. The van der Waals surface area contributed by atoms with E-state index in [2.05, 4.69) is 11.8 Å². The number of fused-ring (bicyclic) bond motifs is 1. The number of aromatic carboxylic acids is 1. The average molecular weight is 251 g/mol. The fraction of sp³-hybridized carbons (Fsp3) is 0.0833. The van der Waals surface area contributed by atoms with E-state index in [-0.39, 0.29) is 5.88 Å². The topological polar surface area (TPSA) is 37.3 Å². The van der Waals surface area contributed by atoms with E-state index < -0.39 is 5.97 Å². The maximum absolute atomic E-state index is 10.8. The summed E-state index contributed by atoms with van der Waals surface area (Å²) >= 11 is 6.75. The van der Waals surface area contributed by atoms with Gasteiger partial charge in [0.1, 0.15) is 4.88 Å². The van der Waals surface area contributed by atoms with Gasteiger partial charge in [0.15, 0.2) is 0 Å². The van der Waals surface area contributed by atoms with Crippen LogP contribution in [0.5, 0.6) is 0 Å². The normalized spacial score (nSPS) is 9.81. The first-order valence-corrected chi connectivity index (χ1v) is 5.88. The Hall–Kier alpha value is -1.50. The smallest absolute Gasteiger partial charge is 0.345 e. The molecule has 0 fully saturated rings. The molecular formula is C12H7ClO2S. The van der Waals surface area contributed by atoms with Crippen molar-refractivity contribution in [3.8, 4) is 11.8 Å². The van der Waals surface area contributed by atoms with Gasteiger partial charge in [-0.15, -0.1) is 22.9 Å². The summed E-state index contributed by atoms with van der Waals surface area (Å²) in [6, 6.07) is 7.27. The Morgan fingerprint density at radius 2 is 2.31 bits per heavy atom.